The molecule has 1 unspecified atom stereocenters. The van der Waals surface area contributed by atoms with Crippen molar-refractivity contribution in [1.82, 2.24) is 24.5 Å². The molecule has 1 saturated heterocycles. The summed E-state index contributed by atoms with van der Waals surface area (Å²) in [7, 11) is -3.12. The lowest BCUT2D eigenvalue weighted by Crippen LogP contribution is -2.45. The molecule has 2 heterocycles. The third-order valence-electron chi connectivity index (χ3n) is 6.99. The van der Waals surface area contributed by atoms with Crippen LogP contribution >= 0.6 is 7.37 Å². The van der Waals surface area contributed by atoms with Crippen LogP contribution in [0.4, 0.5) is 0 Å². The summed E-state index contributed by atoms with van der Waals surface area (Å²) in [6.07, 6.45) is 3.64. The molecule has 39 heavy (non-hydrogen) atoms. The number of amides is 5. The van der Waals surface area contributed by atoms with Crippen LogP contribution < -0.4 is 0 Å². The van der Waals surface area contributed by atoms with Crippen molar-refractivity contribution in [1.29, 1.82) is 0 Å². The van der Waals surface area contributed by atoms with Gasteiger partial charge in [0.2, 0.25) is 26.6 Å². The Kier molecular flexibility index (Phi) is 11.6. The Morgan fingerprint density at radius 3 is 1.67 bits per heavy atom. The summed E-state index contributed by atoms with van der Waals surface area (Å²) in [4.78, 5) is 67.6. The first-order valence-corrected chi connectivity index (χ1v) is 15.3. The normalized spacial score (nSPS) is 19.2. The monoisotopic (exact) mass is 563 g/mol. The van der Waals surface area contributed by atoms with E-state index in [1.54, 1.807) is 41.0 Å². The molecular weight excluding hydrogens is 525 g/mol. The Morgan fingerprint density at radius 2 is 1.23 bits per heavy atom. The number of rotatable bonds is 12. The molecule has 12 nitrogen and oxygen atoms in total. The van der Waals surface area contributed by atoms with Crippen molar-refractivity contribution in [3.63, 3.8) is 0 Å². The van der Waals surface area contributed by atoms with Crippen molar-refractivity contribution >= 4 is 38.4 Å². The zero-order valence-electron chi connectivity index (χ0n) is 22.5. The minimum atomic E-state index is -3.12. The van der Waals surface area contributed by atoms with Crippen LogP contribution in [0.5, 0.6) is 0 Å². The van der Waals surface area contributed by atoms with Gasteiger partial charge in [0.25, 0.3) is 11.8 Å². The van der Waals surface area contributed by atoms with E-state index in [0.29, 0.717) is 76.3 Å². The molecule has 3 rings (SSSR count). The maximum absolute atomic E-state index is 13.8. The van der Waals surface area contributed by atoms with Crippen LogP contribution in [-0.4, -0.2) is 134 Å². The molecule has 2 aliphatic heterocycles. The first-order chi connectivity index (χ1) is 18.8. The van der Waals surface area contributed by atoms with E-state index in [9.17, 15) is 28.5 Å². The summed E-state index contributed by atoms with van der Waals surface area (Å²) in [6.45, 7) is 5.34. The Bertz CT molecular complexity index is 1010. The minimum Gasteiger partial charge on any atom is -0.342 e. The fourth-order valence-corrected chi connectivity index (χ4v) is 7.16. The Morgan fingerprint density at radius 1 is 0.769 bits per heavy atom. The highest BCUT2D eigenvalue weighted by molar-refractivity contribution is 7.58. The summed E-state index contributed by atoms with van der Waals surface area (Å²) in [5, 5.41) is 0. The highest BCUT2D eigenvalue weighted by atomic mass is 31.2. The SMILES string of the molecule is CCOP(=O)(CCCCN1C(=O)c2ccccc2C1=O)CN1CCN(C=O)CCN(C=O)CCN(C=O)CC1. The summed E-state index contributed by atoms with van der Waals surface area (Å²) in [6, 6.07) is 6.75. The van der Waals surface area contributed by atoms with Crippen molar-refractivity contribution in [2.24, 2.45) is 0 Å². The molecule has 13 heteroatoms. The molecule has 0 radical (unpaired) electrons. The van der Waals surface area contributed by atoms with Gasteiger partial charge in [-0.2, -0.15) is 0 Å². The third-order valence-corrected chi connectivity index (χ3v) is 9.55. The number of fused-ring (bicyclic) bond motifs is 1. The molecule has 1 aromatic rings. The second-order valence-corrected chi connectivity index (χ2v) is 12.3. The number of carbonyl (C=O) groups is 5. The number of carbonyl (C=O) groups excluding carboxylic acids is 5. The first-order valence-electron chi connectivity index (χ1n) is 13.3. The van der Waals surface area contributed by atoms with Crippen LogP contribution in [-0.2, 0) is 23.5 Å². The zero-order chi connectivity index (χ0) is 28.3. The van der Waals surface area contributed by atoms with Crippen molar-refractivity contribution < 1.29 is 33.1 Å². The number of imide groups is 1. The van der Waals surface area contributed by atoms with Gasteiger partial charge in [0.05, 0.1) is 24.0 Å². The summed E-state index contributed by atoms with van der Waals surface area (Å²) in [5.74, 6) is -0.614. The van der Waals surface area contributed by atoms with E-state index in [2.05, 4.69) is 0 Å². The maximum Gasteiger partial charge on any atom is 0.261 e. The predicted octanol–water partition coefficient (Wildman–Crippen LogP) is 1.03. The molecule has 0 N–H and O–H groups in total. The molecule has 1 atom stereocenters. The van der Waals surface area contributed by atoms with E-state index in [1.165, 1.54) is 9.80 Å². The third kappa shape index (κ3) is 8.45. The molecule has 5 amide bonds. The molecule has 1 fully saturated rings. The number of unbranched alkanes of at least 4 members (excludes halogenated alkanes) is 1. The molecule has 0 saturated carbocycles. The van der Waals surface area contributed by atoms with E-state index in [0.717, 1.165) is 19.2 Å². The smallest absolute Gasteiger partial charge is 0.261 e. The fraction of sp³-hybridized carbons (Fsp3) is 0.577. The van der Waals surface area contributed by atoms with Gasteiger partial charge < -0.3 is 19.2 Å². The molecule has 2 aliphatic rings. The lowest BCUT2D eigenvalue weighted by Gasteiger charge is -2.32. The van der Waals surface area contributed by atoms with E-state index in [1.807, 2.05) is 4.90 Å². The molecular formula is C26H38N5O7P. The van der Waals surface area contributed by atoms with Gasteiger partial charge in [-0.3, -0.25) is 38.3 Å². The lowest BCUT2D eigenvalue weighted by atomic mass is 10.1. The van der Waals surface area contributed by atoms with E-state index in [-0.39, 0.29) is 37.4 Å². The summed E-state index contributed by atoms with van der Waals surface area (Å²) < 4.78 is 19.6. The lowest BCUT2D eigenvalue weighted by molar-refractivity contribution is -0.123. The quantitative estimate of drug-likeness (QED) is 0.160. The second kappa shape index (κ2) is 14.9. The van der Waals surface area contributed by atoms with Crippen molar-refractivity contribution in [3.8, 4) is 0 Å². The van der Waals surface area contributed by atoms with E-state index in [4.69, 9.17) is 4.52 Å². The van der Waals surface area contributed by atoms with Crippen LogP contribution in [0, 0.1) is 0 Å². The van der Waals surface area contributed by atoms with Gasteiger partial charge >= 0.3 is 0 Å². The Balaban J connectivity index is 1.59. The molecule has 0 aliphatic carbocycles. The average Bonchev–Trinajstić information content (AvgIpc) is 3.18. The Hall–Kier alpha value is -3.08. The van der Waals surface area contributed by atoms with Gasteiger partial charge in [-0.1, -0.05) is 12.1 Å². The van der Waals surface area contributed by atoms with E-state index < -0.39 is 7.37 Å². The first kappa shape index (κ1) is 30.5. The number of hydrogen-bond donors (Lipinski definition) is 0. The average molecular weight is 564 g/mol. The highest BCUT2D eigenvalue weighted by Crippen LogP contribution is 2.48. The second-order valence-electron chi connectivity index (χ2n) is 9.65. The molecule has 0 aromatic heterocycles. The molecule has 0 bridgehead atoms. The highest BCUT2D eigenvalue weighted by Gasteiger charge is 2.35. The molecule has 0 spiro atoms. The number of hydrogen-bond acceptors (Lipinski definition) is 8. The van der Waals surface area contributed by atoms with Crippen molar-refractivity contribution in [2.75, 3.05) is 78.0 Å². The van der Waals surface area contributed by atoms with Gasteiger partial charge in [0.1, 0.15) is 0 Å². The minimum absolute atomic E-state index is 0.160. The van der Waals surface area contributed by atoms with Gasteiger partial charge in [-0.25, -0.2) is 0 Å². The molecule has 214 valence electrons. The topological polar surface area (TPSA) is 128 Å². The Labute approximate surface area is 229 Å². The van der Waals surface area contributed by atoms with Gasteiger partial charge in [-0.05, 0) is 31.9 Å². The van der Waals surface area contributed by atoms with Crippen LogP contribution in [0.2, 0.25) is 0 Å². The summed E-state index contributed by atoms with van der Waals surface area (Å²) >= 11 is 0. The maximum atomic E-state index is 13.8. The fourth-order valence-electron chi connectivity index (χ4n) is 4.74. The molecule has 1 aromatic carbocycles. The van der Waals surface area contributed by atoms with Gasteiger partial charge in [0, 0.05) is 65.1 Å². The van der Waals surface area contributed by atoms with Crippen LogP contribution in [0.15, 0.2) is 24.3 Å². The van der Waals surface area contributed by atoms with Gasteiger partial charge in [-0.15, -0.1) is 0 Å². The number of benzene rings is 1. The zero-order valence-corrected chi connectivity index (χ0v) is 23.4. The standard InChI is InChI=1S/C26H38N5O7P/c1-2-38-39(37,18-6-5-9-31-25(35)23-7-3-4-8-24(23)26(31)36)22-30-16-14-28(20-33)12-10-27(19-32)11-13-29(21-34)15-17-30/h3-4,7-8,19-21H,2,5-6,9-18,22H2,1H3. The number of nitrogens with zero attached hydrogens (tertiary/aromatic N) is 5. The van der Waals surface area contributed by atoms with Crippen LogP contribution in [0.25, 0.3) is 0 Å². The predicted molar refractivity (Wildman–Crippen MR) is 144 cm³/mol. The largest absolute Gasteiger partial charge is 0.342 e. The van der Waals surface area contributed by atoms with Crippen molar-refractivity contribution in [3.05, 3.63) is 35.4 Å². The summed E-state index contributed by atoms with van der Waals surface area (Å²) in [5.41, 5.74) is 0.816. The van der Waals surface area contributed by atoms with E-state index >= 15 is 0 Å². The van der Waals surface area contributed by atoms with Crippen molar-refractivity contribution in [2.45, 2.75) is 19.8 Å². The van der Waals surface area contributed by atoms with Crippen LogP contribution in [0.3, 0.4) is 0 Å². The van der Waals surface area contributed by atoms with Crippen LogP contribution in [0.1, 0.15) is 40.5 Å². The van der Waals surface area contributed by atoms with Gasteiger partial charge in [0.15, 0.2) is 0 Å².